The number of hydrogen-bond donors (Lipinski definition) is 0. The van der Waals surface area contributed by atoms with Crippen LogP contribution in [0.4, 0.5) is 0 Å². The van der Waals surface area contributed by atoms with E-state index >= 15 is 4.57 Å². The Kier molecular flexibility index (Phi) is 5.78. The van der Waals surface area contributed by atoms with Gasteiger partial charge in [0, 0.05) is 26.7 Å². The van der Waals surface area contributed by atoms with Gasteiger partial charge in [-0.3, -0.25) is 4.40 Å². The fourth-order valence-electron chi connectivity index (χ4n) is 6.99. The smallest absolute Gasteiger partial charge is 0.171 e. The van der Waals surface area contributed by atoms with E-state index in [1.165, 1.54) is 10.8 Å². The number of fused-ring (bicyclic) bond motifs is 9. The van der Waals surface area contributed by atoms with Crippen molar-refractivity contribution in [3.8, 4) is 11.1 Å². The van der Waals surface area contributed by atoms with E-state index in [2.05, 4.69) is 95.4 Å². The van der Waals surface area contributed by atoms with E-state index in [0.717, 1.165) is 65.4 Å². The number of imidazole rings is 1. The Labute approximate surface area is 260 Å². The van der Waals surface area contributed by atoms with E-state index in [4.69, 9.17) is 4.98 Å². The fourth-order valence-corrected chi connectivity index (χ4v) is 9.85. The third-order valence-electron chi connectivity index (χ3n) is 9.05. The van der Waals surface area contributed by atoms with Gasteiger partial charge in [0.2, 0.25) is 0 Å². The second kappa shape index (κ2) is 10.0. The molecular weight excluding hydrogens is 567 g/mol. The van der Waals surface area contributed by atoms with E-state index in [1.807, 2.05) is 72.8 Å². The van der Waals surface area contributed by atoms with E-state index in [1.54, 1.807) is 0 Å². The normalized spacial score (nSPS) is 12.1. The molecule has 0 amide bonds. The molecule has 0 N–H and O–H groups in total. The molecule has 2 aromatic heterocycles. The lowest BCUT2D eigenvalue weighted by Crippen LogP contribution is -2.25. The van der Waals surface area contributed by atoms with Crippen LogP contribution >= 0.6 is 7.14 Å². The summed E-state index contributed by atoms with van der Waals surface area (Å²) in [5, 5.41) is 8.08. The zero-order valence-corrected chi connectivity index (χ0v) is 25.2. The van der Waals surface area contributed by atoms with Gasteiger partial charge in [0.05, 0.1) is 16.6 Å². The maximum absolute atomic E-state index is 15.4. The third-order valence-corrected chi connectivity index (χ3v) is 12.2. The van der Waals surface area contributed by atoms with Gasteiger partial charge in [-0.2, -0.15) is 0 Å². The quantitative estimate of drug-likeness (QED) is 0.150. The summed E-state index contributed by atoms with van der Waals surface area (Å²) in [5.74, 6) is 0. The van der Waals surface area contributed by atoms with Crippen molar-refractivity contribution in [3.63, 3.8) is 0 Å². The molecule has 0 aliphatic carbocycles. The maximum atomic E-state index is 15.4. The number of aromatic nitrogens is 2. The van der Waals surface area contributed by atoms with Crippen LogP contribution in [-0.4, -0.2) is 9.38 Å². The zero-order chi connectivity index (χ0) is 30.0. The van der Waals surface area contributed by atoms with Gasteiger partial charge in [0.15, 0.2) is 7.14 Å². The molecule has 2 heterocycles. The SMILES string of the molecule is O=P(c1ccccc1)(c1ccccc1)c1ccc(-c2ccc3c(c2)c2ccccc2n2c4ccccc4nc32)c2ccccc12. The van der Waals surface area contributed by atoms with Crippen LogP contribution in [-0.2, 0) is 4.57 Å². The highest BCUT2D eigenvalue weighted by Gasteiger charge is 2.31. The topological polar surface area (TPSA) is 34.4 Å². The van der Waals surface area contributed by atoms with Crippen molar-refractivity contribution < 1.29 is 4.57 Å². The Hall–Kier alpha value is -5.50. The Morgan fingerprint density at radius 3 is 1.80 bits per heavy atom. The van der Waals surface area contributed by atoms with Gasteiger partial charge in [-0.25, -0.2) is 4.98 Å². The molecule has 7 aromatic carbocycles. The van der Waals surface area contributed by atoms with Gasteiger partial charge in [-0.05, 0) is 63.7 Å². The Morgan fingerprint density at radius 1 is 0.467 bits per heavy atom. The van der Waals surface area contributed by atoms with Crippen molar-refractivity contribution in [3.05, 3.63) is 164 Å². The summed E-state index contributed by atoms with van der Waals surface area (Å²) in [6, 6.07) is 56.0. The van der Waals surface area contributed by atoms with Crippen molar-refractivity contribution in [2.45, 2.75) is 0 Å². The molecule has 0 unspecified atom stereocenters. The summed E-state index contributed by atoms with van der Waals surface area (Å²) in [7, 11) is -3.16. The minimum Gasteiger partial charge on any atom is -0.309 e. The Balaban J connectivity index is 1.31. The molecular formula is C41H27N2OP. The van der Waals surface area contributed by atoms with Crippen LogP contribution in [0.5, 0.6) is 0 Å². The van der Waals surface area contributed by atoms with Crippen molar-refractivity contribution >= 4 is 72.2 Å². The molecule has 4 heteroatoms. The van der Waals surface area contributed by atoms with E-state index in [9.17, 15) is 0 Å². The van der Waals surface area contributed by atoms with Gasteiger partial charge in [-0.1, -0.05) is 127 Å². The number of hydrogen-bond acceptors (Lipinski definition) is 2. The number of benzene rings is 7. The molecule has 0 atom stereocenters. The lowest BCUT2D eigenvalue weighted by molar-refractivity contribution is 0.592. The van der Waals surface area contributed by atoms with Crippen molar-refractivity contribution in [2.24, 2.45) is 0 Å². The lowest BCUT2D eigenvalue weighted by Gasteiger charge is -2.23. The molecule has 0 fully saturated rings. The zero-order valence-electron chi connectivity index (χ0n) is 24.3. The predicted octanol–water partition coefficient (Wildman–Crippen LogP) is 9.25. The van der Waals surface area contributed by atoms with Crippen molar-refractivity contribution in [2.75, 3.05) is 0 Å². The summed E-state index contributed by atoms with van der Waals surface area (Å²) in [5.41, 5.74) is 6.42. The van der Waals surface area contributed by atoms with Crippen molar-refractivity contribution in [1.29, 1.82) is 0 Å². The number of pyridine rings is 1. The van der Waals surface area contributed by atoms with Crippen LogP contribution in [0.25, 0.3) is 60.3 Å². The van der Waals surface area contributed by atoms with Crippen LogP contribution in [0.15, 0.2) is 164 Å². The highest BCUT2D eigenvalue weighted by atomic mass is 31.2. The summed E-state index contributed by atoms with van der Waals surface area (Å²) >= 11 is 0. The second-order valence-corrected chi connectivity index (χ2v) is 14.2. The number of nitrogens with zero attached hydrogens (tertiary/aromatic N) is 2. The second-order valence-electron chi connectivity index (χ2n) is 11.5. The minimum absolute atomic E-state index is 0.836. The molecule has 0 bridgehead atoms. The third kappa shape index (κ3) is 3.84. The maximum Gasteiger partial charge on any atom is 0.171 e. The van der Waals surface area contributed by atoms with Gasteiger partial charge >= 0.3 is 0 Å². The molecule has 9 aromatic rings. The fraction of sp³-hybridized carbons (Fsp3) is 0. The van der Waals surface area contributed by atoms with E-state index in [-0.39, 0.29) is 0 Å². The van der Waals surface area contributed by atoms with E-state index in [0.29, 0.717) is 0 Å². The minimum atomic E-state index is -3.16. The number of rotatable bonds is 4. The standard InChI is InChI=1S/C41H27N2OP/c44-45(29-13-3-1-4-14-29,30-15-5-2-6-16-30)40-26-25-31(32-17-7-8-19-34(32)40)28-23-24-35-36(27-28)33-18-9-11-21-38(33)43-39-22-12-10-20-37(39)42-41(35)43/h1-27H. The van der Waals surface area contributed by atoms with Crippen LogP contribution in [0, 0.1) is 0 Å². The van der Waals surface area contributed by atoms with Crippen LogP contribution < -0.4 is 15.9 Å². The summed E-state index contributed by atoms with van der Waals surface area (Å²) < 4.78 is 17.7. The number of para-hydroxylation sites is 3. The first kappa shape index (κ1) is 25.9. The Morgan fingerprint density at radius 2 is 1.07 bits per heavy atom. The first-order valence-electron chi connectivity index (χ1n) is 15.2. The highest BCUT2D eigenvalue weighted by Crippen LogP contribution is 2.46. The molecule has 9 rings (SSSR count). The van der Waals surface area contributed by atoms with Crippen molar-refractivity contribution in [1.82, 2.24) is 9.38 Å². The van der Waals surface area contributed by atoms with Crippen LogP contribution in [0.3, 0.4) is 0 Å². The lowest BCUT2D eigenvalue weighted by atomic mass is 9.95. The molecule has 0 spiro atoms. The molecule has 0 aliphatic heterocycles. The predicted molar refractivity (Wildman–Crippen MR) is 190 cm³/mol. The molecule has 45 heavy (non-hydrogen) atoms. The molecule has 0 aliphatic rings. The first-order chi connectivity index (χ1) is 22.2. The molecule has 212 valence electrons. The molecule has 3 nitrogen and oxygen atoms in total. The largest absolute Gasteiger partial charge is 0.309 e. The molecule has 0 radical (unpaired) electrons. The Bertz CT molecular complexity index is 2580. The van der Waals surface area contributed by atoms with Gasteiger partial charge in [-0.15, -0.1) is 0 Å². The monoisotopic (exact) mass is 594 g/mol. The highest BCUT2D eigenvalue weighted by molar-refractivity contribution is 7.85. The molecule has 0 saturated heterocycles. The van der Waals surface area contributed by atoms with Gasteiger partial charge < -0.3 is 4.57 Å². The summed E-state index contributed by atoms with van der Waals surface area (Å²) in [6.45, 7) is 0. The summed E-state index contributed by atoms with van der Waals surface area (Å²) in [4.78, 5) is 5.07. The average molecular weight is 595 g/mol. The van der Waals surface area contributed by atoms with Crippen LogP contribution in [0.1, 0.15) is 0 Å². The average Bonchev–Trinajstić information content (AvgIpc) is 3.52. The summed E-state index contributed by atoms with van der Waals surface area (Å²) in [6.07, 6.45) is 0. The first-order valence-corrected chi connectivity index (χ1v) is 16.9. The molecule has 0 saturated carbocycles. The van der Waals surface area contributed by atoms with Gasteiger partial charge in [0.1, 0.15) is 5.65 Å². The van der Waals surface area contributed by atoms with E-state index < -0.39 is 7.14 Å². The van der Waals surface area contributed by atoms with Crippen LogP contribution in [0.2, 0.25) is 0 Å². The van der Waals surface area contributed by atoms with Gasteiger partial charge in [0.25, 0.3) is 0 Å².